The lowest BCUT2D eigenvalue weighted by Gasteiger charge is -2.21. The number of nitrogens with zero attached hydrogens (tertiary/aromatic N) is 3. The zero-order valence-electron chi connectivity index (χ0n) is 12.0. The molecule has 1 aliphatic rings. The summed E-state index contributed by atoms with van der Waals surface area (Å²) in [4.78, 5) is 2.28. The van der Waals surface area contributed by atoms with Gasteiger partial charge in [0, 0.05) is 18.7 Å². The molecule has 1 saturated heterocycles. The van der Waals surface area contributed by atoms with Crippen molar-refractivity contribution < 1.29 is 13.5 Å². The minimum atomic E-state index is -0.313. The first kappa shape index (κ1) is 14.2. The number of ether oxygens (including phenoxy) is 1. The molecule has 1 aromatic heterocycles. The van der Waals surface area contributed by atoms with Gasteiger partial charge in [-0.1, -0.05) is 6.07 Å². The zero-order valence-corrected chi connectivity index (χ0v) is 12.0. The van der Waals surface area contributed by atoms with Gasteiger partial charge in [-0.25, -0.2) is 4.39 Å². The Morgan fingerprint density at radius 1 is 1.43 bits per heavy atom. The lowest BCUT2D eigenvalue weighted by atomic mass is 10.2. The molecule has 0 bridgehead atoms. The third-order valence-corrected chi connectivity index (χ3v) is 3.73. The molecule has 112 valence electrons. The molecule has 1 aliphatic heterocycles. The topological polar surface area (TPSA) is 51.4 Å². The van der Waals surface area contributed by atoms with Crippen molar-refractivity contribution in [1.29, 1.82) is 0 Å². The van der Waals surface area contributed by atoms with E-state index in [1.807, 2.05) is 0 Å². The number of methoxy groups -OCH3 is 1. The second-order valence-corrected chi connectivity index (χ2v) is 5.23. The molecule has 0 N–H and O–H groups in total. The average Bonchev–Trinajstić information content (AvgIpc) is 3.10. The van der Waals surface area contributed by atoms with Crippen molar-refractivity contribution in [3.05, 3.63) is 36.0 Å². The van der Waals surface area contributed by atoms with Crippen LogP contribution in [0, 0.1) is 5.82 Å². The fraction of sp³-hybridized carbons (Fsp3) is 0.467. The first-order chi connectivity index (χ1) is 10.3. The van der Waals surface area contributed by atoms with Gasteiger partial charge >= 0.3 is 0 Å². The van der Waals surface area contributed by atoms with Gasteiger partial charge in [-0.05, 0) is 37.6 Å². The van der Waals surface area contributed by atoms with Gasteiger partial charge in [0.15, 0.2) is 0 Å². The molecular formula is C15H18FN3O2. The smallest absolute Gasteiger partial charge is 0.247 e. The second kappa shape index (κ2) is 6.32. The largest absolute Gasteiger partial charge is 0.419 e. The van der Waals surface area contributed by atoms with Crippen LogP contribution in [0.4, 0.5) is 4.39 Å². The quantitative estimate of drug-likeness (QED) is 0.847. The van der Waals surface area contributed by atoms with Crippen LogP contribution in [0.3, 0.4) is 0 Å². The maximum absolute atomic E-state index is 13.2. The fourth-order valence-corrected chi connectivity index (χ4v) is 2.71. The molecule has 0 amide bonds. The zero-order chi connectivity index (χ0) is 14.7. The Morgan fingerprint density at radius 3 is 3.14 bits per heavy atom. The number of hydrogen-bond acceptors (Lipinski definition) is 5. The van der Waals surface area contributed by atoms with Crippen LogP contribution in [-0.4, -0.2) is 41.4 Å². The average molecular weight is 291 g/mol. The summed E-state index contributed by atoms with van der Waals surface area (Å²) in [5, 5.41) is 8.06. The van der Waals surface area contributed by atoms with Crippen molar-refractivity contribution in [1.82, 2.24) is 15.1 Å². The van der Waals surface area contributed by atoms with Crippen LogP contribution in [0.5, 0.6) is 0 Å². The highest BCUT2D eigenvalue weighted by Crippen LogP contribution is 2.22. The summed E-state index contributed by atoms with van der Waals surface area (Å²) < 4.78 is 24.1. The molecule has 2 heterocycles. The van der Waals surface area contributed by atoms with Gasteiger partial charge in [-0.2, -0.15) is 0 Å². The van der Waals surface area contributed by atoms with Crippen LogP contribution in [-0.2, 0) is 11.3 Å². The van der Waals surface area contributed by atoms with Crippen LogP contribution in [0.25, 0.3) is 11.5 Å². The molecule has 5 nitrogen and oxygen atoms in total. The summed E-state index contributed by atoms with van der Waals surface area (Å²) in [5.74, 6) is 0.594. The molecule has 2 aromatic rings. The summed E-state index contributed by atoms with van der Waals surface area (Å²) in [6.07, 6.45) is 2.28. The Morgan fingerprint density at radius 2 is 2.33 bits per heavy atom. The monoisotopic (exact) mass is 291 g/mol. The molecule has 1 fully saturated rings. The lowest BCUT2D eigenvalue weighted by Crippen LogP contribution is -2.32. The molecule has 6 heteroatoms. The molecule has 0 spiro atoms. The molecule has 0 radical (unpaired) electrons. The minimum absolute atomic E-state index is 0.313. The van der Waals surface area contributed by atoms with E-state index in [1.54, 1.807) is 19.2 Å². The van der Waals surface area contributed by atoms with Gasteiger partial charge in [-0.3, -0.25) is 4.90 Å². The van der Waals surface area contributed by atoms with E-state index < -0.39 is 0 Å². The Bertz CT molecular complexity index is 602. The fourth-order valence-electron chi connectivity index (χ4n) is 2.71. The van der Waals surface area contributed by atoms with Gasteiger partial charge in [0.25, 0.3) is 0 Å². The molecule has 21 heavy (non-hydrogen) atoms. The lowest BCUT2D eigenvalue weighted by molar-refractivity contribution is 0.106. The number of hydrogen-bond donors (Lipinski definition) is 0. The maximum Gasteiger partial charge on any atom is 0.247 e. The summed E-state index contributed by atoms with van der Waals surface area (Å²) in [6.45, 7) is 2.33. The molecule has 0 saturated carbocycles. The van der Waals surface area contributed by atoms with Crippen molar-refractivity contribution in [2.24, 2.45) is 0 Å². The molecule has 1 atom stereocenters. The Hall–Kier alpha value is -1.79. The van der Waals surface area contributed by atoms with Crippen molar-refractivity contribution >= 4 is 0 Å². The molecule has 0 aliphatic carbocycles. The molecule has 0 unspecified atom stereocenters. The standard InChI is InChI=1S/C15H18FN3O2/c1-20-10-13-6-3-7-19(13)9-14-17-18-15(21-14)11-4-2-5-12(16)8-11/h2,4-5,8,13H,3,6-7,9-10H2,1H3/t13-/m0/s1. The summed E-state index contributed by atoms with van der Waals surface area (Å²) >= 11 is 0. The van der Waals surface area contributed by atoms with Gasteiger partial charge in [0.2, 0.25) is 11.8 Å². The highest BCUT2D eigenvalue weighted by Gasteiger charge is 2.26. The van der Waals surface area contributed by atoms with Crippen LogP contribution < -0.4 is 0 Å². The van der Waals surface area contributed by atoms with Gasteiger partial charge in [0.05, 0.1) is 13.2 Å². The van der Waals surface area contributed by atoms with Gasteiger partial charge in [0.1, 0.15) is 5.82 Å². The van der Waals surface area contributed by atoms with E-state index >= 15 is 0 Å². The third kappa shape index (κ3) is 3.28. The molecule has 1 aromatic carbocycles. The van der Waals surface area contributed by atoms with Gasteiger partial charge < -0.3 is 9.15 Å². The van der Waals surface area contributed by atoms with E-state index in [1.165, 1.54) is 12.1 Å². The number of halogens is 1. The van der Waals surface area contributed by atoms with Crippen molar-refractivity contribution in [3.63, 3.8) is 0 Å². The van der Waals surface area contributed by atoms with Crippen molar-refractivity contribution in [2.45, 2.75) is 25.4 Å². The summed E-state index contributed by atoms with van der Waals surface area (Å²) in [7, 11) is 1.71. The predicted octanol–water partition coefficient (Wildman–Crippen LogP) is 2.49. The normalized spacial score (nSPS) is 19.2. The SMILES string of the molecule is COC[C@@H]1CCCN1Cc1nnc(-c2cccc(F)c2)o1. The van der Waals surface area contributed by atoms with Crippen LogP contribution in [0.2, 0.25) is 0 Å². The Balaban J connectivity index is 1.70. The van der Waals surface area contributed by atoms with Crippen LogP contribution >= 0.6 is 0 Å². The molecular weight excluding hydrogens is 273 g/mol. The predicted molar refractivity (Wildman–Crippen MR) is 75.0 cm³/mol. The number of aromatic nitrogens is 2. The third-order valence-electron chi connectivity index (χ3n) is 3.73. The first-order valence-corrected chi connectivity index (χ1v) is 7.07. The van der Waals surface area contributed by atoms with E-state index in [-0.39, 0.29) is 5.82 Å². The first-order valence-electron chi connectivity index (χ1n) is 7.07. The number of likely N-dealkylation sites (tertiary alicyclic amines) is 1. The Kier molecular flexibility index (Phi) is 4.26. The summed E-state index contributed by atoms with van der Waals surface area (Å²) in [6, 6.07) is 6.56. The van der Waals surface area contributed by atoms with Crippen LogP contribution in [0.15, 0.2) is 28.7 Å². The number of benzene rings is 1. The van der Waals surface area contributed by atoms with Crippen molar-refractivity contribution in [3.8, 4) is 11.5 Å². The highest BCUT2D eigenvalue weighted by molar-refractivity contribution is 5.52. The van der Waals surface area contributed by atoms with Gasteiger partial charge in [-0.15, -0.1) is 10.2 Å². The summed E-state index contributed by atoms with van der Waals surface area (Å²) in [5.41, 5.74) is 0.601. The van der Waals surface area contributed by atoms with E-state index in [0.717, 1.165) is 19.4 Å². The van der Waals surface area contributed by atoms with E-state index in [0.29, 0.717) is 36.5 Å². The van der Waals surface area contributed by atoms with Crippen LogP contribution in [0.1, 0.15) is 18.7 Å². The highest BCUT2D eigenvalue weighted by atomic mass is 19.1. The van der Waals surface area contributed by atoms with E-state index in [9.17, 15) is 4.39 Å². The minimum Gasteiger partial charge on any atom is -0.419 e. The molecule has 3 rings (SSSR count). The maximum atomic E-state index is 13.2. The Labute approximate surface area is 122 Å². The number of rotatable bonds is 5. The second-order valence-electron chi connectivity index (χ2n) is 5.23. The van der Waals surface area contributed by atoms with E-state index in [4.69, 9.17) is 9.15 Å². The van der Waals surface area contributed by atoms with E-state index in [2.05, 4.69) is 15.1 Å². The van der Waals surface area contributed by atoms with Crippen molar-refractivity contribution in [2.75, 3.05) is 20.3 Å².